The molecule has 0 bridgehead atoms. The van der Waals surface area contributed by atoms with Crippen LogP contribution in [0.1, 0.15) is 53.3 Å². The number of fused-ring (bicyclic) bond motifs is 2. The summed E-state index contributed by atoms with van der Waals surface area (Å²) < 4.78 is 33.5. The minimum Gasteiger partial charge on any atom is -0.477 e. The number of carbonyl (C=O) groups is 1. The molecule has 168 valence electrons. The molecule has 0 spiro atoms. The Balaban J connectivity index is 0.00000245. The van der Waals surface area contributed by atoms with Crippen LogP contribution in [0.15, 0.2) is 41.3 Å². The Morgan fingerprint density at radius 1 is 1.25 bits per heavy atom. The number of aromatic nitrogens is 1. The van der Waals surface area contributed by atoms with Gasteiger partial charge in [-0.25, -0.2) is 4.79 Å². The first-order chi connectivity index (χ1) is 14.8. The lowest BCUT2D eigenvalue weighted by molar-refractivity contribution is -0.0486. The van der Waals surface area contributed by atoms with E-state index in [1.165, 1.54) is 12.3 Å². The van der Waals surface area contributed by atoms with E-state index < -0.39 is 18.0 Å². The van der Waals surface area contributed by atoms with Gasteiger partial charge in [-0.15, -0.1) is 12.4 Å². The van der Waals surface area contributed by atoms with E-state index in [0.717, 1.165) is 24.0 Å². The van der Waals surface area contributed by atoms with Crippen LogP contribution in [0.2, 0.25) is 0 Å². The Hall–Kier alpha value is -2.97. The third kappa shape index (κ3) is 3.63. The number of rotatable bonds is 5. The van der Waals surface area contributed by atoms with Gasteiger partial charge in [-0.05, 0) is 54.7 Å². The van der Waals surface area contributed by atoms with Crippen LogP contribution in [0.4, 0.5) is 8.78 Å². The van der Waals surface area contributed by atoms with Gasteiger partial charge in [0.25, 0.3) is 0 Å². The normalized spacial score (nSPS) is 17.3. The lowest BCUT2D eigenvalue weighted by Gasteiger charge is -2.19. The van der Waals surface area contributed by atoms with Crippen molar-refractivity contribution in [3.8, 4) is 16.9 Å². The van der Waals surface area contributed by atoms with Crippen molar-refractivity contribution in [1.82, 2.24) is 9.88 Å². The second-order valence-electron chi connectivity index (χ2n) is 8.05. The predicted octanol–water partition coefficient (Wildman–Crippen LogP) is 4.89. The van der Waals surface area contributed by atoms with Crippen LogP contribution in [0.25, 0.3) is 22.0 Å². The maximum absolute atomic E-state index is 13.5. The highest BCUT2D eigenvalue weighted by molar-refractivity contribution is 5.97. The fourth-order valence-corrected chi connectivity index (χ4v) is 4.37. The van der Waals surface area contributed by atoms with Gasteiger partial charge in [-0.3, -0.25) is 4.79 Å². The van der Waals surface area contributed by atoms with E-state index in [1.807, 2.05) is 18.2 Å². The van der Waals surface area contributed by atoms with Gasteiger partial charge in [0.1, 0.15) is 5.56 Å². The fourth-order valence-electron chi connectivity index (χ4n) is 4.37. The molecule has 1 aliphatic heterocycles. The molecule has 0 amide bonds. The van der Waals surface area contributed by atoms with E-state index in [-0.39, 0.29) is 46.7 Å². The Morgan fingerprint density at radius 3 is 2.66 bits per heavy atom. The van der Waals surface area contributed by atoms with Gasteiger partial charge >= 0.3 is 12.6 Å². The molecule has 1 saturated carbocycles. The summed E-state index contributed by atoms with van der Waals surface area (Å²) in [5.41, 5.74) is 2.49. The van der Waals surface area contributed by atoms with Gasteiger partial charge < -0.3 is 19.7 Å². The maximum atomic E-state index is 13.5. The van der Waals surface area contributed by atoms with Gasteiger partial charge in [0.15, 0.2) is 5.75 Å². The molecular formula is C23H21ClF2N2O4. The summed E-state index contributed by atoms with van der Waals surface area (Å²) in [7, 11) is 0. The topological polar surface area (TPSA) is 80.6 Å². The van der Waals surface area contributed by atoms with E-state index in [1.54, 1.807) is 10.6 Å². The van der Waals surface area contributed by atoms with E-state index in [2.05, 4.69) is 12.2 Å². The second-order valence-corrected chi connectivity index (χ2v) is 8.05. The fraction of sp³-hybridized carbons (Fsp3) is 0.304. The molecule has 1 aliphatic carbocycles. The predicted molar refractivity (Wildman–Crippen MR) is 118 cm³/mol. The first kappa shape index (κ1) is 22.2. The molecule has 2 N–H and O–H groups in total. The Bertz CT molecular complexity index is 1290. The van der Waals surface area contributed by atoms with E-state index in [4.69, 9.17) is 4.74 Å². The molecule has 2 heterocycles. The van der Waals surface area contributed by atoms with Gasteiger partial charge in [-0.2, -0.15) is 8.78 Å². The van der Waals surface area contributed by atoms with Gasteiger partial charge in [0, 0.05) is 30.4 Å². The average Bonchev–Trinajstić information content (AvgIpc) is 3.51. The third-order valence-electron chi connectivity index (χ3n) is 6.04. The van der Waals surface area contributed by atoms with Crippen LogP contribution in [0, 0.1) is 0 Å². The summed E-state index contributed by atoms with van der Waals surface area (Å²) in [4.78, 5) is 24.4. The summed E-state index contributed by atoms with van der Waals surface area (Å²) in [5, 5.41) is 12.8. The van der Waals surface area contributed by atoms with Crippen LogP contribution in [-0.4, -0.2) is 22.3 Å². The molecule has 2 aliphatic rings. The summed E-state index contributed by atoms with van der Waals surface area (Å²) >= 11 is 0. The molecular weight excluding hydrogens is 442 g/mol. The molecule has 1 atom stereocenters. The highest BCUT2D eigenvalue weighted by Crippen LogP contribution is 2.43. The molecule has 5 rings (SSSR count). The number of aromatic carboxylic acids is 1. The van der Waals surface area contributed by atoms with Crippen LogP contribution in [0.5, 0.6) is 5.75 Å². The Kier molecular flexibility index (Phi) is 5.68. The number of carboxylic acid groups (broad SMARTS) is 1. The van der Waals surface area contributed by atoms with Crippen molar-refractivity contribution in [1.29, 1.82) is 0 Å². The number of carboxylic acids is 1. The average molecular weight is 463 g/mol. The zero-order valence-corrected chi connectivity index (χ0v) is 17.9. The highest BCUT2D eigenvalue weighted by Gasteiger charge is 2.30. The van der Waals surface area contributed by atoms with Crippen molar-refractivity contribution < 1.29 is 23.4 Å². The number of benzene rings is 2. The van der Waals surface area contributed by atoms with Crippen molar-refractivity contribution in [3.05, 3.63) is 63.4 Å². The van der Waals surface area contributed by atoms with E-state index in [0.29, 0.717) is 17.7 Å². The van der Waals surface area contributed by atoms with Crippen molar-refractivity contribution in [2.45, 2.75) is 45.0 Å². The molecule has 1 aromatic heterocycles. The molecule has 3 aromatic rings. The summed E-state index contributed by atoms with van der Waals surface area (Å²) in [6.45, 7) is -0.360. The van der Waals surface area contributed by atoms with Crippen LogP contribution >= 0.6 is 12.4 Å². The standard InChI is InChI=1S/C23H20F2N2O4.ClH/c1-11-15-5-2-12(8-13(15)9-26-11)16-6-7-17-19(21(16)31-23(24)25)27(14-3-4-14)10-18(20(17)28)22(29)30;/h2,5-8,10-11,14,23,26H,3-4,9H2,1H3,(H,29,30);1H. The number of alkyl halides is 2. The maximum Gasteiger partial charge on any atom is 0.387 e. The second kappa shape index (κ2) is 8.18. The van der Waals surface area contributed by atoms with Gasteiger partial charge in [0.05, 0.1) is 10.9 Å². The number of ether oxygens (including phenoxy) is 1. The van der Waals surface area contributed by atoms with Crippen molar-refractivity contribution >= 4 is 29.3 Å². The Labute approximate surface area is 188 Å². The zero-order chi connectivity index (χ0) is 21.9. The van der Waals surface area contributed by atoms with Crippen molar-refractivity contribution in [3.63, 3.8) is 0 Å². The van der Waals surface area contributed by atoms with Gasteiger partial charge in [0.2, 0.25) is 5.43 Å². The van der Waals surface area contributed by atoms with Crippen LogP contribution in [0.3, 0.4) is 0 Å². The number of nitrogens with one attached hydrogen (secondary N) is 1. The molecule has 1 fully saturated rings. The lowest BCUT2D eigenvalue weighted by atomic mass is 9.96. The third-order valence-corrected chi connectivity index (χ3v) is 6.04. The van der Waals surface area contributed by atoms with Gasteiger partial charge in [-0.1, -0.05) is 12.1 Å². The highest BCUT2D eigenvalue weighted by atomic mass is 35.5. The molecule has 9 heteroatoms. The molecule has 6 nitrogen and oxygen atoms in total. The van der Waals surface area contributed by atoms with Crippen molar-refractivity contribution in [2.75, 3.05) is 0 Å². The first-order valence-electron chi connectivity index (χ1n) is 10.1. The first-order valence-corrected chi connectivity index (χ1v) is 10.1. The Morgan fingerprint density at radius 2 is 2.00 bits per heavy atom. The molecule has 1 unspecified atom stereocenters. The SMILES string of the molecule is CC1NCc2cc(-c3ccc4c(=O)c(C(=O)O)cn(C5CC5)c4c3OC(F)F)ccc21.Cl. The molecule has 0 radical (unpaired) electrons. The molecule has 32 heavy (non-hydrogen) atoms. The number of hydrogen-bond donors (Lipinski definition) is 2. The number of halogens is 3. The van der Waals surface area contributed by atoms with Crippen LogP contribution < -0.4 is 15.5 Å². The largest absolute Gasteiger partial charge is 0.477 e. The summed E-state index contributed by atoms with van der Waals surface area (Å²) in [5.74, 6) is -1.45. The number of pyridine rings is 1. The minimum absolute atomic E-state index is 0. The molecule has 2 aromatic carbocycles. The zero-order valence-electron chi connectivity index (χ0n) is 17.1. The van der Waals surface area contributed by atoms with Crippen molar-refractivity contribution in [2.24, 2.45) is 0 Å². The summed E-state index contributed by atoms with van der Waals surface area (Å²) in [6, 6.07) is 8.98. The van der Waals surface area contributed by atoms with E-state index in [9.17, 15) is 23.5 Å². The smallest absolute Gasteiger partial charge is 0.387 e. The van der Waals surface area contributed by atoms with E-state index >= 15 is 0 Å². The molecule has 0 saturated heterocycles. The quantitative estimate of drug-likeness (QED) is 0.564. The summed E-state index contributed by atoms with van der Waals surface area (Å²) in [6.07, 6.45) is 2.80. The monoisotopic (exact) mass is 462 g/mol. The number of hydrogen-bond acceptors (Lipinski definition) is 4. The lowest BCUT2D eigenvalue weighted by Crippen LogP contribution is -2.19. The van der Waals surface area contributed by atoms with Crippen LogP contribution in [-0.2, 0) is 6.54 Å². The minimum atomic E-state index is -3.10. The number of nitrogens with zero attached hydrogens (tertiary/aromatic N) is 1.